The summed E-state index contributed by atoms with van der Waals surface area (Å²) in [5, 5.41) is 1.26. The van der Waals surface area contributed by atoms with Crippen LogP contribution in [0.3, 0.4) is 0 Å². The second-order valence-corrected chi connectivity index (χ2v) is 5.74. The normalized spacial score (nSPS) is 21.6. The van der Waals surface area contributed by atoms with E-state index in [0.717, 1.165) is 30.9 Å². The van der Waals surface area contributed by atoms with Crippen LogP contribution in [0.2, 0.25) is 0 Å². The Labute approximate surface area is 120 Å². The van der Waals surface area contributed by atoms with Crippen LogP contribution in [0.1, 0.15) is 44.1 Å². The largest absolute Gasteiger partial charge is 0.459 e. The Balaban J connectivity index is 2.00. The zero-order valence-electron chi connectivity index (χ0n) is 12.4. The minimum absolute atomic E-state index is 0.313. The van der Waals surface area contributed by atoms with Crippen molar-refractivity contribution in [1.29, 1.82) is 0 Å². The maximum atomic E-state index is 6.17. The van der Waals surface area contributed by atoms with E-state index in [9.17, 15) is 0 Å². The molecule has 0 amide bonds. The molecule has 0 radical (unpaired) electrons. The molecular formula is C17H24N2O. The Hall–Kier alpha value is -1.32. The summed E-state index contributed by atoms with van der Waals surface area (Å²) >= 11 is 0. The first-order valence-electron chi connectivity index (χ1n) is 7.72. The van der Waals surface area contributed by atoms with E-state index in [1.165, 1.54) is 23.8 Å². The summed E-state index contributed by atoms with van der Waals surface area (Å²) in [6.07, 6.45) is 3.47. The van der Waals surface area contributed by atoms with E-state index in [1.54, 1.807) is 0 Å². The van der Waals surface area contributed by atoms with Crippen molar-refractivity contribution in [3.63, 3.8) is 0 Å². The van der Waals surface area contributed by atoms with Crippen LogP contribution < -0.4 is 5.73 Å². The third-order valence-corrected chi connectivity index (χ3v) is 4.65. The van der Waals surface area contributed by atoms with E-state index < -0.39 is 0 Å². The number of nitrogens with zero attached hydrogens (tertiary/aromatic N) is 1. The third-order valence-electron chi connectivity index (χ3n) is 4.65. The predicted molar refractivity (Wildman–Crippen MR) is 82.8 cm³/mol. The van der Waals surface area contributed by atoms with Crippen molar-refractivity contribution in [2.75, 3.05) is 13.1 Å². The number of furan rings is 1. The topological polar surface area (TPSA) is 42.4 Å². The van der Waals surface area contributed by atoms with Crippen molar-refractivity contribution >= 4 is 11.0 Å². The second-order valence-electron chi connectivity index (χ2n) is 5.74. The van der Waals surface area contributed by atoms with E-state index in [4.69, 9.17) is 10.2 Å². The molecule has 3 nitrogen and oxygen atoms in total. The standard InChI is InChI=1S/C17H24N2O/c1-3-14-15-8-4-5-9-16(15)20-17(14)12(2)19-10-6-7-13(19)11-18/h4-5,8-9,12-13H,3,6-7,10-11,18H2,1-2H3. The summed E-state index contributed by atoms with van der Waals surface area (Å²) in [6, 6.07) is 9.17. The first kappa shape index (κ1) is 13.7. The molecule has 2 unspecified atom stereocenters. The SMILES string of the molecule is CCc1c(C(C)N2CCCC2CN)oc2ccccc12. The Bertz CT molecular complexity index is 590. The summed E-state index contributed by atoms with van der Waals surface area (Å²) in [7, 11) is 0. The second kappa shape index (κ2) is 5.58. The molecule has 0 bridgehead atoms. The molecule has 3 rings (SSSR count). The van der Waals surface area contributed by atoms with Crippen LogP contribution >= 0.6 is 0 Å². The molecule has 1 saturated heterocycles. The van der Waals surface area contributed by atoms with Crippen molar-refractivity contribution < 1.29 is 4.42 Å². The summed E-state index contributed by atoms with van der Waals surface area (Å²) in [4.78, 5) is 2.51. The number of para-hydroxylation sites is 1. The Kier molecular flexibility index (Phi) is 3.81. The van der Waals surface area contributed by atoms with Crippen LogP contribution in [0.25, 0.3) is 11.0 Å². The summed E-state index contributed by atoms with van der Waals surface area (Å²) in [5.41, 5.74) is 8.28. The highest BCUT2D eigenvalue weighted by Crippen LogP contribution is 2.36. The van der Waals surface area contributed by atoms with Gasteiger partial charge in [-0.05, 0) is 38.8 Å². The first-order valence-corrected chi connectivity index (χ1v) is 7.72. The molecule has 20 heavy (non-hydrogen) atoms. The lowest BCUT2D eigenvalue weighted by Gasteiger charge is -2.29. The number of fused-ring (bicyclic) bond motifs is 1. The van der Waals surface area contributed by atoms with Crippen molar-refractivity contribution in [1.82, 2.24) is 4.90 Å². The fraction of sp³-hybridized carbons (Fsp3) is 0.529. The van der Waals surface area contributed by atoms with Gasteiger partial charge in [-0.25, -0.2) is 0 Å². The lowest BCUT2D eigenvalue weighted by molar-refractivity contribution is 0.176. The van der Waals surface area contributed by atoms with Gasteiger partial charge in [-0.3, -0.25) is 4.90 Å². The molecule has 1 fully saturated rings. The molecule has 2 N–H and O–H groups in total. The zero-order valence-corrected chi connectivity index (χ0v) is 12.4. The van der Waals surface area contributed by atoms with E-state index in [2.05, 4.69) is 36.9 Å². The van der Waals surface area contributed by atoms with Gasteiger partial charge in [-0.2, -0.15) is 0 Å². The van der Waals surface area contributed by atoms with Gasteiger partial charge in [0.15, 0.2) is 0 Å². The van der Waals surface area contributed by atoms with Gasteiger partial charge in [-0.1, -0.05) is 25.1 Å². The maximum absolute atomic E-state index is 6.17. The zero-order chi connectivity index (χ0) is 14.1. The fourth-order valence-corrected chi connectivity index (χ4v) is 3.59. The number of hydrogen-bond donors (Lipinski definition) is 1. The van der Waals surface area contributed by atoms with Crippen LogP contribution in [-0.2, 0) is 6.42 Å². The molecule has 0 spiro atoms. The highest BCUT2D eigenvalue weighted by molar-refractivity contribution is 5.82. The molecule has 1 aliphatic heterocycles. The van der Waals surface area contributed by atoms with Crippen LogP contribution in [0, 0.1) is 0 Å². The number of rotatable bonds is 4. The Morgan fingerprint density at radius 3 is 2.95 bits per heavy atom. The number of likely N-dealkylation sites (tertiary alicyclic amines) is 1. The molecule has 2 aromatic rings. The molecule has 2 heterocycles. The molecule has 0 saturated carbocycles. The van der Waals surface area contributed by atoms with Crippen molar-refractivity contribution in [2.24, 2.45) is 5.73 Å². The van der Waals surface area contributed by atoms with Crippen LogP contribution in [0.4, 0.5) is 0 Å². The van der Waals surface area contributed by atoms with Gasteiger partial charge >= 0.3 is 0 Å². The van der Waals surface area contributed by atoms with Gasteiger partial charge in [0.2, 0.25) is 0 Å². The first-order chi connectivity index (χ1) is 9.76. The third kappa shape index (κ3) is 2.15. The van der Waals surface area contributed by atoms with Gasteiger partial charge in [0.1, 0.15) is 11.3 Å². The van der Waals surface area contributed by atoms with Crippen LogP contribution in [0.5, 0.6) is 0 Å². The fourth-order valence-electron chi connectivity index (χ4n) is 3.59. The van der Waals surface area contributed by atoms with Gasteiger partial charge in [0, 0.05) is 23.5 Å². The summed E-state index contributed by atoms with van der Waals surface area (Å²) in [6.45, 7) is 6.33. The van der Waals surface area contributed by atoms with E-state index in [0.29, 0.717) is 12.1 Å². The Morgan fingerprint density at radius 2 is 2.20 bits per heavy atom. The quantitative estimate of drug-likeness (QED) is 0.926. The van der Waals surface area contributed by atoms with Crippen LogP contribution in [-0.4, -0.2) is 24.0 Å². The monoisotopic (exact) mass is 272 g/mol. The summed E-state index contributed by atoms with van der Waals surface area (Å²) < 4.78 is 6.17. The lowest BCUT2D eigenvalue weighted by atomic mass is 10.0. The maximum Gasteiger partial charge on any atom is 0.134 e. The molecular weight excluding hydrogens is 248 g/mol. The smallest absolute Gasteiger partial charge is 0.134 e. The van der Waals surface area contributed by atoms with E-state index in [1.807, 2.05) is 6.07 Å². The van der Waals surface area contributed by atoms with E-state index >= 15 is 0 Å². The minimum atomic E-state index is 0.313. The van der Waals surface area contributed by atoms with Gasteiger partial charge in [0.05, 0.1) is 6.04 Å². The number of nitrogens with two attached hydrogens (primary N) is 1. The number of aryl methyl sites for hydroxylation is 1. The van der Waals surface area contributed by atoms with Crippen molar-refractivity contribution in [2.45, 2.75) is 45.2 Å². The molecule has 2 atom stereocenters. The highest BCUT2D eigenvalue weighted by atomic mass is 16.3. The molecule has 0 aliphatic carbocycles. The van der Waals surface area contributed by atoms with Crippen molar-refractivity contribution in [3.8, 4) is 0 Å². The average molecular weight is 272 g/mol. The molecule has 1 aliphatic rings. The van der Waals surface area contributed by atoms with Gasteiger partial charge in [-0.15, -0.1) is 0 Å². The molecule has 1 aromatic carbocycles. The lowest BCUT2D eigenvalue weighted by Crippen LogP contribution is -2.37. The van der Waals surface area contributed by atoms with Crippen LogP contribution in [0.15, 0.2) is 28.7 Å². The van der Waals surface area contributed by atoms with E-state index in [-0.39, 0.29) is 0 Å². The molecule has 3 heteroatoms. The van der Waals surface area contributed by atoms with Crippen molar-refractivity contribution in [3.05, 3.63) is 35.6 Å². The predicted octanol–water partition coefficient (Wildman–Crippen LogP) is 3.48. The average Bonchev–Trinajstić information content (AvgIpc) is 3.10. The minimum Gasteiger partial charge on any atom is -0.459 e. The van der Waals surface area contributed by atoms with Gasteiger partial charge in [0.25, 0.3) is 0 Å². The molecule has 108 valence electrons. The summed E-state index contributed by atoms with van der Waals surface area (Å²) in [5.74, 6) is 1.13. The number of hydrogen-bond acceptors (Lipinski definition) is 3. The van der Waals surface area contributed by atoms with Gasteiger partial charge < -0.3 is 10.2 Å². The number of benzene rings is 1. The Morgan fingerprint density at radius 1 is 1.40 bits per heavy atom. The highest BCUT2D eigenvalue weighted by Gasteiger charge is 2.31. The molecule has 1 aromatic heterocycles.